The van der Waals surface area contributed by atoms with Crippen molar-refractivity contribution in [3.05, 3.63) is 73.1 Å². The van der Waals surface area contributed by atoms with Gasteiger partial charge in [0.25, 0.3) is 8.32 Å². The third kappa shape index (κ3) is 4.18. The summed E-state index contributed by atoms with van der Waals surface area (Å²) in [5.74, 6) is 2.60. The Labute approximate surface area is 221 Å². The van der Waals surface area contributed by atoms with Gasteiger partial charge < -0.3 is 20.0 Å². The lowest BCUT2D eigenvalue weighted by atomic mass is 9.99. The van der Waals surface area contributed by atoms with Crippen LogP contribution in [-0.2, 0) is 9.16 Å². The molecule has 1 saturated heterocycles. The molecule has 0 saturated carbocycles. The molecule has 0 bridgehead atoms. The molecule has 3 atom stereocenters. The van der Waals surface area contributed by atoms with Gasteiger partial charge in [-0.15, -0.1) is 6.42 Å². The Bertz CT molecular complexity index is 1450. The highest BCUT2D eigenvalue weighted by atomic mass is 28.4. The number of hydrogen-bond donors (Lipinski definition) is 2. The van der Waals surface area contributed by atoms with Gasteiger partial charge in [0.15, 0.2) is 22.6 Å². The van der Waals surface area contributed by atoms with Gasteiger partial charge in [0, 0.05) is 6.42 Å². The van der Waals surface area contributed by atoms with Crippen LogP contribution in [0, 0.1) is 18.4 Å². The minimum atomic E-state index is -2.95. The van der Waals surface area contributed by atoms with E-state index in [1.165, 1.54) is 10.9 Å². The summed E-state index contributed by atoms with van der Waals surface area (Å²) in [5, 5.41) is 13.1. The first-order valence-corrected chi connectivity index (χ1v) is 14.3. The van der Waals surface area contributed by atoms with E-state index >= 15 is 0 Å². The van der Waals surface area contributed by atoms with E-state index in [4.69, 9.17) is 21.3 Å². The number of aliphatic hydroxyl groups is 1. The molecule has 3 N–H and O–H groups in total. The number of terminal acetylenes is 1. The Morgan fingerprint density at radius 2 is 1.76 bits per heavy atom. The van der Waals surface area contributed by atoms with E-state index in [-0.39, 0.29) is 35.0 Å². The zero-order valence-electron chi connectivity index (χ0n) is 21.5. The number of aromatic nitrogens is 4. The molecule has 0 amide bonds. The monoisotopic (exact) mass is 531 g/mol. The number of imidazole rings is 1. The van der Waals surface area contributed by atoms with Crippen molar-refractivity contribution >= 4 is 35.7 Å². The maximum absolute atomic E-state index is 13.9. The first kappa shape index (κ1) is 26.0. The number of nitrogen functional groups attached to an aromatic ring is 1. The van der Waals surface area contributed by atoms with Crippen LogP contribution < -0.4 is 16.1 Å². The Hall–Kier alpha value is -3.62. The summed E-state index contributed by atoms with van der Waals surface area (Å²) in [4.78, 5) is 11.6. The number of ether oxygens (including phenoxy) is 1. The van der Waals surface area contributed by atoms with Crippen LogP contribution in [0.5, 0.6) is 0 Å². The van der Waals surface area contributed by atoms with Gasteiger partial charge in [0.05, 0.1) is 12.9 Å². The van der Waals surface area contributed by atoms with Crippen molar-refractivity contribution in [2.45, 2.75) is 50.2 Å². The molecule has 0 aliphatic carbocycles. The normalized spacial score (nSPS) is 22.0. The van der Waals surface area contributed by atoms with E-state index < -0.39 is 32.3 Å². The number of halogens is 1. The van der Waals surface area contributed by atoms with Gasteiger partial charge in [0.1, 0.15) is 12.3 Å². The largest absolute Gasteiger partial charge is 0.403 e. The van der Waals surface area contributed by atoms with Crippen molar-refractivity contribution in [1.82, 2.24) is 19.5 Å². The first-order valence-electron chi connectivity index (χ1n) is 12.4. The number of benzene rings is 2. The van der Waals surface area contributed by atoms with Crippen LogP contribution in [0.4, 0.5) is 10.2 Å². The third-order valence-corrected chi connectivity index (χ3v) is 12.2. The van der Waals surface area contributed by atoms with E-state index in [1.54, 1.807) is 0 Å². The van der Waals surface area contributed by atoms with E-state index in [2.05, 4.69) is 65.9 Å². The van der Waals surface area contributed by atoms with Crippen LogP contribution in [0.25, 0.3) is 11.2 Å². The summed E-state index contributed by atoms with van der Waals surface area (Å²) < 4.78 is 28.8. The number of anilines is 1. The molecule has 4 aromatic rings. The molecule has 10 heteroatoms. The standard InChI is InChI=1S/C28H30FN5O3Si/c1-5-28(21(35)16-22(37-28)34-18-31-23-24(30)32-26(29)33-25(23)34)17-36-38(27(2,3)4,19-12-8-6-9-13-19)20-14-10-7-11-15-20/h1,6-15,18,21-22,35H,16-17H2,2-4H3,(H2,30,32,33)/t21-,22+,28+/m0/s1. The second kappa shape index (κ2) is 9.60. The molecular formula is C28H30FN5O3Si. The zero-order chi connectivity index (χ0) is 27.1. The Kier molecular flexibility index (Phi) is 6.57. The Balaban J connectivity index is 1.53. The van der Waals surface area contributed by atoms with Gasteiger partial charge in [0.2, 0.25) is 0 Å². The first-order chi connectivity index (χ1) is 18.1. The molecule has 1 fully saturated rings. The molecule has 1 aliphatic heterocycles. The molecule has 0 unspecified atom stereocenters. The fraction of sp³-hybridized carbons (Fsp3) is 0.321. The van der Waals surface area contributed by atoms with Crippen LogP contribution in [0.15, 0.2) is 67.0 Å². The van der Waals surface area contributed by atoms with E-state index in [0.717, 1.165) is 10.4 Å². The van der Waals surface area contributed by atoms with Gasteiger partial charge in [-0.2, -0.15) is 14.4 Å². The summed E-state index contributed by atoms with van der Waals surface area (Å²) in [6.45, 7) is 6.43. The van der Waals surface area contributed by atoms with Crippen LogP contribution in [0.2, 0.25) is 5.04 Å². The van der Waals surface area contributed by atoms with Crippen molar-refractivity contribution in [3.8, 4) is 12.3 Å². The summed E-state index contributed by atoms with van der Waals surface area (Å²) in [7, 11) is -2.95. The highest BCUT2D eigenvalue weighted by Crippen LogP contribution is 2.41. The second-order valence-electron chi connectivity index (χ2n) is 10.5. The van der Waals surface area contributed by atoms with E-state index in [9.17, 15) is 9.50 Å². The number of aliphatic hydroxyl groups excluding tert-OH is 1. The predicted molar refractivity (Wildman–Crippen MR) is 146 cm³/mol. The second-order valence-corrected chi connectivity index (χ2v) is 14.8. The molecule has 0 spiro atoms. The minimum Gasteiger partial charge on any atom is -0.403 e. The van der Waals surface area contributed by atoms with E-state index in [1.807, 2.05) is 36.4 Å². The third-order valence-electron chi connectivity index (χ3n) is 7.21. The fourth-order valence-corrected chi connectivity index (χ4v) is 9.91. The van der Waals surface area contributed by atoms with Gasteiger partial charge in [-0.1, -0.05) is 87.4 Å². The molecule has 2 aromatic carbocycles. The molecule has 38 heavy (non-hydrogen) atoms. The van der Waals surface area contributed by atoms with Crippen LogP contribution in [-0.4, -0.2) is 51.3 Å². The lowest BCUT2D eigenvalue weighted by Gasteiger charge is -2.44. The molecule has 8 nitrogen and oxygen atoms in total. The quantitative estimate of drug-likeness (QED) is 0.224. The van der Waals surface area contributed by atoms with Crippen molar-refractivity contribution in [3.63, 3.8) is 0 Å². The van der Waals surface area contributed by atoms with Crippen molar-refractivity contribution in [1.29, 1.82) is 0 Å². The molecule has 1 aliphatic rings. The number of nitrogens with zero attached hydrogens (tertiary/aromatic N) is 4. The lowest BCUT2D eigenvalue weighted by Crippen LogP contribution is -2.68. The Morgan fingerprint density at radius 3 is 2.32 bits per heavy atom. The number of nitrogens with two attached hydrogens (primary N) is 1. The van der Waals surface area contributed by atoms with Crippen LogP contribution in [0.1, 0.15) is 33.4 Å². The smallest absolute Gasteiger partial charge is 0.312 e. The summed E-state index contributed by atoms with van der Waals surface area (Å²) in [6, 6.07) is 20.3. The van der Waals surface area contributed by atoms with E-state index in [0.29, 0.717) is 0 Å². The van der Waals surface area contributed by atoms with Gasteiger partial charge in [-0.3, -0.25) is 4.57 Å². The molecule has 0 radical (unpaired) electrons. The lowest BCUT2D eigenvalue weighted by molar-refractivity contribution is -0.0857. The average molecular weight is 532 g/mol. The highest BCUT2D eigenvalue weighted by Gasteiger charge is 2.54. The predicted octanol–water partition coefficient (Wildman–Crippen LogP) is 2.78. The maximum atomic E-state index is 13.9. The average Bonchev–Trinajstić information content (AvgIpc) is 3.46. The van der Waals surface area contributed by atoms with Crippen LogP contribution in [0.3, 0.4) is 0 Å². The molecule has 3 heterocycles. The topological polar surface area (TPSA) is 108 Å². The summed E-state index contributed by atoms with van der Waals surface area (Å²) >= 11 is 0. The van der Waals surface area contributed by atoms with Crippen molar-refractivity contribution in [2.24, 2.45) is 0 Å². The van der Waals surface area contributed by atoms with Gasteiger partial charge >= 0.3 is 6.08 Å². The minimum absolute atomic E-state index is 0.0490. The molecule has 5 rings (SSSR count). The molecular weight excluding hydrogens is 501 g/mol. The van der Waals surface area contributed by atoms with Crippen molar-refractivity contribution in [2.75, 3.05) is 12.3 Å². The zero-order valence-corrected chi connectivity index (χ0v) is 22.5. The Morgan fingerprint density at radius 1 is 1.16 bits per heavy atom. The van der Waals surface area contributed by atoms with Crippen molar-refractivity contribution < 1.29 is 18.7 Å². The van der Waals surface area contributed by atoms with Gasteiger partial charge in [-0.25, -0.2) is 4.98 Å². The summed E-state index contributed by atoms with van der Waals surface area (Å²) in [5.41, 5.74) is 4.77. The van der Waals surface area contributed by atoms with Crippen LogP contribution >= 0.6 is 0 Å². The molecule has 196 valence electrons. The number of fused-ring (bicyclic) bond motifs is 1. The number of hydrogen-bond acceptors (Lipinski definition) is 7. The summed E-state index contributed by atoms with van der Waals surface area (Å²) in [6.07, 6.45) is 4.79. The SMILES string of the molecule is C#C[C@]1(CO[Si](c2ccccc2)(c2ccccc2)C(C)(C)C)O[C@@H](n2cnc3c(N)nc(F)nc32)C[C@@H]1O. The fourth-order valence-electron chi connectivity index (χ4n) is 5.32. The highest BCUT2D eigenvalue weighted by molar-refractivity contribution is 6.99. The maximum Gasteiger partial charge on any atom is 0.312 e. The van der Waals surface area contributed by atoms with Gasteiger partial charge in [-0.05, 0) is 15.4 Å². The number of rotatable bonds is 6. The molecule has 2 aromatic heterocycles.